The van der Waals surface area contributed by atoms with Gasteiger partial charge in [0.15, 0.2) is 0 Å². The van der Waals surface area contributed by atoms with Gasteiger partial charge in [0.2, 0.25) is 5.91 Å². The Morgan fingerprint density at radius 3 is 2.73 bits per heavy atom. The number of hydrogen-bond donors (Lipinski definition) is 2. The first-order chi connectivity index (χ1) is 10.5. The van der Waals surface area contributed by atoms with Crippen molar-refractivity contribution in [3.63, 3.8) is 0 Å². The Labute approximate surface area is 128 Å². The Kier molecular flexibility index (Phi) is 4.88. The number of primary amides is 1. The second-order valence-electron chi connectivity index (χ2n) is 5.29. The highest BCUT2D eigenvalue weighted by molar-refractivity contribution is 5.94. The predicted molar refractivity (Wildman–Crippen MR) is 80.9 cm³/mol. The maximum Gasteiger partial charge on any atom is 0.252 e. The summed E-state index contributed by atoms with van der Waals surface area (Å²) in [6.45, 7) is 2.04. The number of rotatable bonds is 6. The van der Waals surface area contributed by atoms with Gasteiger partial charge in [0.05, 0.1) is 17.7 Å². The van der Waals surface area contributed by atoms with Crippen LogP contribution in [0.1, 0.15) is 21.5 Å². The van der Waals surface area contributed by atoms with Crippen LogP contribution in [0.5, 0.6) is 0 Å². The van der Waals surface area contributed by atoms with E-state index in [1.807, 2.05) is 13.1 Å². The van der Waals surface area contributed by atoms with Crippen molar-refractivity contribution in [3.05, 3.63) is 47.5 Å². The first kappa shape index (κ1) is 15.7. The number of aromatic nitrogens is 3. The van der Waals surface area contributed by atoms with Crippen molar-refractivity contribution in [1.82, 2.24) is 20.1 Å². The second-order valence-corrected chi connectivity index (χ2v) is 5.29. The van der Waals surface area contributed by atoms with Crippen molar-refractivity contribution >= 4 is 11.8 Å². The van der Waals surface area contributed by atoms with Crippen LogP contribution in [-0.4, -0.2) is 33.1 Å². The highest BCUT2D eigenvalue weighted by atomic mass is 16.2. The summed E-state index contributed by atoms with van der Waals surface area (Å²) >= 11 is 0. The molecule has 3 N–H and O–H groups in total. The number of carbonyl (C=O) groups excluding carboxylic acids is 2. The van der Waals surface area contributed by atoms with Crippen LogP contribution in [0, 0.1) is 12.8 Å². The van der Waals surface area contributed by atoms with Crippen molar-refractivity contribution < 1.29 is 9.59 Å². The average Bonchev–Trinajstić information content (AvgIpc) is 2.88. The lowest BCUT2D eigenvalue weighted by Gasteiger charge is -2.13. The molecule has 2 heterocycles. The molecule has 0 saturated heterocycles. The third-order valence-corrected chi connectivity index (χ3v) is 3.29. The molecule has 2 aromatic heterocycles. The largest absolute Gasteiger partial charge is 0.369 e. The number of hydrogen-bond acceptors (Lipinski definition) is 4. The molecule has 1 atom stereocenters. The summed E-state index contributed by atoms with van der Waals surface area (Å²) < 4.78 is 1.66. The topological polar surface area (TPSA) is 103 Å². The Morgan fingerprint density at radius 2 is 2.14 bits per heavy atom. The average molecular weight is 301 g/mol. The van der Waals surface area contributed by atoms with Crippen molar-refractivity contribution in [2.24, 2.45) is 18.7 Å². The van der Waals surface area contributed by atoms with Gasteiger partial charge < -0.3 is 11.1 Å². The quantitative estimate of drug-likeness (QED) is 0.795. The molecule has 0 radical (unpaired) electrons. The van der Waals surface area contributed by atoms with Gasteiger partial charge in [-0.05, 0) is 30.5 Å². The molecule has 2 aromatic rings. The van der Waals surface area contributed by atoms with Gasteiger partial charge in [0.1, 0.15) is 0 Å². The SMILES string of the molecule is Cc1cncc(C(=O)NC[C@@H](Cc2cnn(C)c2)C(N)=O)c1. The van der Waals surface area contributed by atoms with Crippen LogP contribution in [0.25, 0.3) is 0 Å². The molecule has 7 nitrogen and oxygen atoms in total. The molecule has 22 heavy (non-hydrogen) atoms. The molecule has 0 aromatic carbocycles. The zero-order valence-corrected chi connectivity index (χ0v) is 12.6. The number of aryl methyl sites for hydroxylation is 2. The molecule has 7 heteroatoms. The summed E-state index contributed by atoms with van der Waals surface area (Å²) in [6.07, 6.45) is 7.11. The van der Waals surface area contributed by atoms with Crippen LogP contribution in [0.3, 0.4) is 0 Å². The van der Waals surface area contributed by atoms with Gasteiger partial charge in [-0.1, -0.05) is 0 Å². The van der Waals surface area contributed by atoms with Crippen LogP contribution in [-0.2, 0) is 18.3 Å². The minimum Gasteiger partial charge on any atom is -0.369 e. The van der Waals surface area contributed by atoms with E-state index in [-0.39, 0.29) is 12.5 Å². The Bertz CT molecular complexity index is 680. The normalized spacial score (nSPS) is 11.9. The number of nitrogens with two attached hydrogens (primary N) is 1. The maximum absolute atomic E-state index is 12.1. The molecule has 0 aliphatic heterocycles. The molecular formula is C15H19N5O2. The summed E-state index contributed by atoms with van der Waals surface area (Å²) in [4.78, 5) is 27.6. The first-order valence-electron chi connectivity index (χ1n) is 6.92. The minimum absolute atomic E-state index is 0.178. The predicted octanol–water partition coefficient (Wildman–Crippen LogP) is 0.198. The van der Waals surface area contributed by atoms with Gasteiger partial charge in [-0.25, -0.2) is 0 Å². The first-order valence-corrected chi connectivity index (χ1v) is 6.92. The zero-order valence-electron chi connectivity index (χ0n) is 12.6. The second kappa shape index (κ2) is 6.84. The molecule has 0 aliphatic rings. The Balaban J connectivity index is 1.97. The smallest absolute Gasteiger partial charge is 0.252 e. The lowest BCUT2D eigenvalue weighted by molar-refractivity contribution is -0.121. The van der Waals surface area contributed by atoms with E-state index in [1.165, 1.54) is 6.20 Å². The zero-order chi connectivity index (χ0) is 16.1. The molecule has 116 valence electrons. The summed E-state index contributed by atoms with van der Waals surface area (Å²) in [6, 6.07) is 1.74. The highest BCUT2D eigenvalue weighted by Gasteiger charge is 2.18. The standard InChI is InChI=1S/C15H19N5O2/c1-10-3-13(7-17-5-10)15(22)18-8-12(14(16)21)4-11-6-19-20(2)9-11/h3,5-7,9,12H,4,8H2,1-2H3,(H2,16,21)(H,18,22)/t12-/m1/s1. The van der Waals surface area contributed by atoms with Crippen LogP contribution in [0.15, 0.2) is 30.9 Å². The lowest BCUT2D eigenvalue weighted by Crippen LogP contribution is -2.37. The number of nitrogens with zero attached hydrogens (tertiary/aromatic N) is 3. The van der Waals surface area contributed by atoms with Crippen molar-refractivity contribution in [3.8, 4) is 0 Å². The van der Waals surface area contributed by atoms with Crippen molar-refractivity contribution in [1.29, 1.82) is 0 Å². The minimum atomic E-state index is -0.481. The van der Waals surface area contributed by atoms with Gasteiger partial charge in [-0.2, -0.15) is 5.10 Å². The van der Waals surface area contributed by atoms with E-state index in [4.69, 9.17) is 5.73 Å². The Hall–Kier alpha value is -2.70. The molecule has 0 unspecified atom stereocenters. The van der Waals surface area contributed by atoms with Crippen molar-refractivity contribution in [2.75, 3.05) is 6.54 Å². The van der Waals surface area contributed by atoms with E-state index < -0.39 is 11.8 Å². The summed E-state index contributed by atoms with van der Waals surface area (Å²) in [5.41, 5.74) is 7.67. The molecule has 0 bridgehead atoms. The van der Waals surface area contributed by atoms with E-state index in [9.17, 15) is 9.59 Å². The molecule has 2 rings (SSSR count). The number of amides is 2. The van der Waals surface area contributed by atoms with Gasteiger partial charge in [0, 0.05) is 32.2 Å². The number of nitrogens with one attached hydrogen (secondary N) is 1. The van der Waals surface area contributed by atoms with Gasteiger partial charge in [-0.15, -0.1) is 0 Å². The van der Waals surface area contributed by atoms with Crippen LogP contribution >= 0.6 is 0 Å². The molecule has 2 amide bonds. The number of pyridine rings is 1. The van der Waals surface area contributed by atoms with Gasteiger partial charge >= 0.3 is 0 Å². The fraction of sp³-hybridized carbons (Fsp3) is 0.333. The number of carbonyl (C=O) groups is 2. The van der Waals surface area contributed by atoms with E-state index in [2.05, 4.69) is 15.4 Å². The summed E-state index contributed by atoms with van der Waals surface area (Å²) in [5.74, 6) is -1.20. The monoisotopic (exact) mass is 301 g/mol. The highest BCUT2D eigenvalue weighted by Crippen LogP contribution is 2.08. The molecule has 0 spiro atoms. The summed E-state index contributed by atoms with van der Waals surface area (Å²) in [7, 11) is 1.80. The third-order valence-electron chi connectivity index (χ3n) is 3.29. The molecule has 0 aliphatic carbocycles. The van der Waals surface area contributed by atoms with Gasteiger partial charge in [0.25, 0.3) is 5.91 Å². The lowest BCUT2D eigenvalue weighted by atomic mass is 10.0. The van der Waals surface area contributed by atoms with E-state index in [0.717, 1.165) is 11.1 Å². The van der Waals surface area contributed by atoms with E-state index in [0.29, 0.717) is 12.0 Å². The Morgan fingerprint density at radius 1 is 1.36 bits per heavy atom. The van der Waals surface area contributed by atoms with Crippen molar-refractivity contribution in [2.45, 2.75) is 13.3 Å². The molecular weight excluding hydrogens is 282 g/mol. The van der Waals surface area contributed by atoms with E-state index in [1.54, 1.807) is 30.2 Å². The maximum atomic E-state index is 12.1. The summed E-state index contributed by atoms with van der Waals surface area (Å²) in [5, 5.41) is 6.78. The van der Waals surface area contributed by atoms with Crippen LogP contribution in [0.2, 0.25) is 0 Å². The molecule has 0 fully saturated rings. The van der Waals surface area contributed by atoms with Crippen LogP contribution in [0.4, 0.5) is 0 Å². The fourth-order valence-electron chi connectivity index (χ4n) is 2.13. The van der Waals surface area contributed by atoms with E-state index >= 15 is 0 Å². The van der Waals surface area contributed by atoms with Crippen LogP contribution < -0.4 is 11.1 Å². The van der Waals surface area contributed by atoms with Gasteiger partial charge in [-0.3, -0.25) is 19.3 Å². The fourth-order valence-corrected chi connectivity index (χ4v) is 2.13. The molecule has 0 saturated carbocycles. The third kappa shape index (κ3) is 4.15.